The van der Waals surface area contributed by atoms with Crippen LogP contribution >= 0.6 is 12.4 Å². The number of carboxylic acid groups (broad SMARTS) is 1. The Labute approximate surface area is 139 Å². The van der Waals surface area contributed by atoms with E-state index < -0.39 is 15.8 Å². The number of benzene rings is 1. The van der Waals surface area contributed by atoms with Crippen molar-refractivity contribution in [3.63, 3.8) is 0 Å². The quantitative estimate of drug-likeness (QED) is 0.885. The van der Waals surface area contributed by atoms with Gasteiger partial charge in [-0.25, -0.2) is 23.2 Å². The Morgan fingerprint density at radius 1 is 1.35 bits per heavy atom. The van der Waals surface area contributed by atoms with Gasteiger partial charge in [0.2, 0.25) is 0 Å². The lowest BCUT2D eigenvalue weighted by molar-refractivity contribution is 0.0697. The summed E-state index contributed by atoms with van der Waals surface area (Å²) in [6.07, 6.45) is 1.93. The van der Waals surface area contributed by atoms with Crippen LogP contribution in [0.4, 0.5) is 5.82 Å². The van der Waals surface area contributed by atoms with Crippen LogP contribution < -0.4 is 4.90 Å². The van der Waals surface area contributed by atoms with Crippen molar-refractivity contribution < 1.29 is 18.3 Å². The molecule has 1 atom stereocenters. The molecule has 23 heavy (non-hydrogen) atoms. The molecule has 1 fully saturated rings. The van der Waals surface area contributed by atoms with Crippen LogP contribution in [0.2, 0.25) is 0 Å². The average Bonchev–Trinajstić information content (AvgIpc) is 2.85. The maximum atomic E-state index is 11.6. The number of fused-ring (bicyclic) bond motifs is 1. The summed E-state index contributed by atoms with van der Waals surface area (Å²) in [6.45, 7) is 0. The number of sulfone groups is 1. The number of hydrogen-bond acceptors (Lipinski definition) is 6. The van der Waals surface area contributed by atoms with Gasteiger partial charge >= 0.3 is 5.97 Å². The fraction of sp³-hybridized carbons (Fsp3) is 0.357. The maximum Gasteiger partial charge on any atom is 0.335 e. The second-order valence-corrected chi connectivity index (χ2v) is 7.63. The van der Waals surface area contributed by atoms with E-state index in [0.717, 1.165) is 0 Å². The molecule has 2 heterocycles. The van der Waals surface area contributed by atoms with Crippen LogP contribution in [-0.2, 0) is 9.84 Å². The predicted octanol–water partition coefficient (Wildman–Crippen LogP) is 1.37. The zero-order valence-corrected chi connectivity index (χ0v) is 14.0. The highest BCUT2D eigenvalue weighted by Gasteiger charge is 2.31. The Hall–Kier alpha value is -1.93. The van der Waals surface area contributed by atoms with E-state index in [4.69, 9.17) is 5.11 Å². The Morgan fingerprint density at radius 2 is 2.09 bits per heavy atom. The van der Waals surface area contributed by atoms with Crippen LogP contribution in [0, 0.1) is 0 Å². The highest BCUT2D eigenvalue weighted by Crippen LogP contribution is 2.27. The van der Waals surface area contributed by atoms with E-state index in [-0.39, 0.29) is 35.5 Å². The molecule has 124 valence electrons. The third-order valence-electron chi connectivity index (χ3n) is 3.95. The average molecular weight is 358 g/mol. The number of anilines is 1. The van der Waals surface area contributed by atoms with Crippen LogP contribution in [0.15, 0.2) is 24.5 Å². The molecular formula is C14H16ClN3O4S. The molecule has 0 aliphatic carbocycles. The maximum absolute atomic E-state index is 11.6. The van der Waals surface area contributed by atoms with Crippen molar-refractivity contribution in [2.75, 3.05) is 23.5 Å². The first-order valence-corrected chi connectivity index (χ1v) is 8.61. The minimum atomic E-state index is -2.98. The number of rotatable bonds is 3. The monoisotopic (exact) mass is 357 g/mol. The van der Waals surface area contributed by atoms with Crippen molar-refractivity contribution in [3.8, 4) is 0 Å². The summed E-state index contributed by atoms with van der Waals surface area (Å²) in [5.74, 6) is -0.0996. The summed E-state index contributed by atoms with van der Waals surface area (Å²) < 4.78 is 23.3. The molecule has 7 nitrogen and oxygen atoms in total. The number of halogens is 1. The number of aromatic nitrogens is 2. The molecule has 1 aliphatic heterocycles. The predicted molar refractivity (Wildman–Crippen MR) is 89.2 cm³/mol. The topological polar surface area (TPSA) is 100 Å². The lowest BCUT2D eigenvalue weighted by Gasteiger charge is -2.25. The molecule has 1 aliphatic rings. The highest BCUT2D eigenvalue weighted by molar-refractivity contribution is 7.91. The summed E-state index contributed by atoms with van der Waals surface area (Å²) in [4.78, 5) is 21.2. The molecule has 3 rings (SSSR count). The van der Waals surface area contributed by atoms with Crippen molar-refractivity contribution in [1.29, 1.82) is 0 Å². The van der Waals surface area contributed by atoms with Crippen molar-refractivity contribution in [2.45, 2.75) is 12.5 Å². The van der Waals surface area contributed by atoms with E-state index in [2.05, 4.69) is 9.97 Å². The van der Waals surface area contributed by atoms with Gasteiger partial charge in [0.05, 0.1) is 22.6 Å². The second-order valence-electron chi connectivity index (χ2n) is 5.40. The van der Waals surface area contributed by atoms with Crippen LogP contribution in [-0.4, -0.2) is 54.1 Å². The molecule has 1 aromatic carbocycles. The lowest BCUT2D eigenvalue weighted by atomic mass is 10.1. The molecule has 9 heteroatoms. The molecule has 1 N–H and O–H groups in total. The molecule has 1 saturated heterocycles. The number of carboxylic acids is 1. The number of nitrogens with zero attached hydrogens (tertiary/aromatic N) is 3. The molecule has 1 aromatic heterocycles. The van der Waals surface area contributed by atoms with Gasteiger partial charge in [-0.15, -0.1) is 12.4 Å². The summed E-state index contributed by atoms with van der Waals surface area (Å²) in [6, 6.07) is 4.52. The van der Waals surface area contributed by atoms with Gasteiger partial charge in [-0.1, -0.05) is 0 Å². The Bertz CT molecular complexity index is 856. The molecule has 0 bridgehead atoms. The van der Waals surface area contributed by atoms with Crippen molar-refractivity contribution >= 4 is 44.9 Å². The number of hydrogen-bond donors (Lipinski definition) is 1. The third-order valence-corrected chi connectivity index (χ3v) is 5.70. The largest absolute Gasteiger partial charge is 0.478 e. The van der Waals surface area contributed by atoms with Crippen LogP contribution in [0.1, 0.15) is 16.8 Å². The molecule has 0 saturated carbocycles. The van der Waals surface area contributed by atoms with Gasteiger partial charge in [0.25, 0.3) is 0 Å². The highest BCUT2D eigenvalue weighted by atomic mass is 35.5. The summed E-state index contributed by atoms with van der Waals surface area (Å²) in [5, 5.41) is 9.74. The Kier molecular flexibility index (Phi) is 4.76. The fourth-order valence-corrected chi connectivity index (χ4v) is 4.49. The first-order chi connectivity index (χ1) is 10.4. The minimum Gasteiger partial charge on any atom is -0.478 e. The molecule has 0 spiro atoms. The van der Waals surface area contributed by atoms with Gasteiger partial charge in [-0.3, -0.25) is 0 Å². The van der Waals surface area contributed by atoms with Gasteiger partial charge in [0.15, 0.2) is 9.84 Å². The van der Waals surface area contributed by atoms with Crippen molar-refractivity contribution in [3.05, 3.63) is 30.1 Å². The Balaban J connectivity index is 0.00000192. The lowest BCUT2D eigenvalue weighted by Crippen LogP contribution is -2.33. The van der Waals surface area contributed by atoms with Gasteiger partial charge in [0, 0.05) is 18.5 Å². The normalized spacial score (nSPS) is 19.3. The van der Waals surface area contributed by atoms with E-state index in [1.165, 1.54) is 18.5 Å². The van der Waals surface area contributed by atoms with Crippen LogP contribution in [0.5, 0.6) is 0 Å². The van der Waals surface area contributed by atoms with Gasteiger partial charge in [-0.05, 0) is 24.6 Å². The van der Waals surface area contributed by atoms with Crippen LogP contribution in [0.3, 0.4) is 0 Å². The zero-order valence-electron chi connectivity index (χ0n) is 12.3. The third kappa shape index (κ3) is 3.37. The van der Waals surface area contributed by atoms with Crippen molar-refractivity contribution in [1.82, 2.24) is 9.97 Å². The summed E-state index contributed by atoms with van der Waals surface area (Å²) in [5.41, 5.74) is 0.681. The second kappa shape index (κ2) is 6.29. The standard InChI is InChI=1S/C14H15N3O4S.ClH/c1-17(10-4-5-22(20,21)7-10)13-11-3-2-9(14(18)19)6-12(11)15-8-16-13;/h2-3,6,8,10H,4-5,7H2,1H3,(H,18,19);1H. The molecule has 0 radical (unpaired) electrons. The molecule has 0 amide bonds. The Morgan fingerprint density at radius 3 is 2.70 bits per heavy atom. The summed E-state index contributed by atoms with van der Waals surface area (Å²) >= 11 is 0. The van der Waals surface area contributed by atoms with E-state index in [9.17, 15) is 13.2 Å². The fourth-order valence-electron chi connectivity index (χ4n) is 2.71. The van der Waals surface area contributed by atoms with Gasteiger partial charge in [0.1, 0.15) is 12.1 Å². The van der Waals surface area contributed by atoms with Crippen LogP contribution in [0.25, 0.3) is 10.9 Å². The molecule has 1 unspecified atom stereocenters. The van der Waals surface area contributed by atoms with E-state index in [1.807, 2.05) is 4.90 Å². The summed E-state index contributed by atoms with van der Waals surface area (Å²) in [7, 11) is -1.18. The first kappa shape index (κ1) is 17.4. The van der Waals surface area contributed by atoms with E-state index in [0.29, 0.717) is 23.1 Å². The zero-order chi connectivity index (χ0) is 15.9. The first-order valence-electron chi connectivity index (χ1n) is 6.79. The molecule has 2 aromatic rings. The van der Waals surface area contributed by atoms with Gasteiger partial charge < -0.3 is 10.0 Å². The number of carbonyl (C=O) groups is 1. The molecular weight excluding hydrogens is 342 g/mol. The smallest absolute Gasteiger partial charge is 0.335 e. The van der Waals surface area contributed by atoms with Crippen molar-refractivity contribution in [2.24, 2.45) is 0 Å². The van der Waals surface area contributed by atoms with E-state index in [1.54, 1.807) is 13.1 Å². The van der Waals surface area contributed by atoms with E-state index >= 15 is 0 Å². The SMILES string of the molecule is CN(c1ncnc2cc(C(=O)O)ccc12)C1CCS(=O)(=O)C1.Cl. The minimum absolute atomic E-state index is 0. The number of aromatic carboxylic acids is 1. The van der Waals surface area contributed by atoms with Gasteiger partial charge in [-0.2, -0.15) is 0 Å².